The molecule has 3 heterocycles. The van der Waals surface area contributed by atoms with E-state index in [0.29, 0.717) is 57.6 Å². The molecular weight excluding hydrogens is 535 g/mol. The van der Waals surface area contributed by atoms with Crippen molar-refractivity contribution in [1.82, 2.24) is 25.1 Å². The van der Waals surface area contributed by atoms with Crippen LogP contribution in [0.25, 0.3) is 11.4 Å². The minimum atomic E-state index is -1.27. The average molecular weight is 569 g/mol. The van der Waals surface area contributed by atoms with Gasteiger partial charge in [0.05, 0.1) is 0 Å². The first-order valence-corrected chi connectivity index (χ1v) is 14.2. The van der Waals surface area contributed by atoms with Crippen LogP contribution in [-0.2, 0) is 18.8 Å². The van der Waals surface area contributed by atoms with Gasteiger partial charge in [0, 0.05) is 0 Å². The van der Waals surface area contributed by atoms with Gasteiger partial charge in [-0.05, 0) is 0 Å². The maximum absolute atomic E-state index is 13.4. The van der Waals surface area contributed by atoms with Crippen LogP contribution in [0.1, 0.15) is 30.3 Å². The third-order valence-corrected chi connectivity index (χ3v) is 6.95. The topological polar surface area (TPSA) is 134 Å². The molecule has 40 heavy (non-hydrogen) atoms. The van der Waals surface area contributed by atoms with Crippen LogP contribution in [0.15, 0.2) is 36.4 Å². The zero-order chi connectivity index (χ0) is 28.3. The van der Waals surface area contributed by atoms with E-state index < -0.39 is 31.9 Å². The number of hydrogen-bond acceptors (Lipinski definition) is 9. The second-order valence-electron chi connectivity index (χ2n) is 9.31. The summed E-state index contributed by atoms with van der Waals surface area (Å²) in [6.07, 6.45) is 1.31. The molecule has 2 saturated heterocycles. The number of unbranched alkanes of at least 4 members (excludes halogenated alkanes) is 1. The van der Waals surface area contributed by atoms with E-state index in [-0.39, 0.29) is 18.8 Å². The summed E-state index contributed by atoms with van der Waals surface area (Å²) in [5, 5.41) is 2.62. The van der Waals surface area contributed by atoms with Gasteiger partial charge in [-0.15, -0.1) is 0 Å². The van der Waals surface area contributed by atoms with E-state index in [1.165, 1.54) is 4.90 Å². The molecule has 1 aromatic carbocycles. The number of aromatic nitrogens is 2. The first-order valence-electron chi connectivity index (χ1n) is 13.4. The Morgan fingerprint density at radius 3 is 2.42 bits per heavy atom. The summed E-state index contributed by atoms with van der Waals surface area (Å²) in [5.74, 6) is -0.153. The van der Waals surface area contributed by atoms with Gasteiger partial charge in [0.15, 0.2) is 0 Å². The van der Waals surface area contributed by atoms with Crippen LogP contribution in [0, 0.1) is 5.63 Å². The molecule has 2 aliphatic rings. The number of rotatable bonds is 8. The minimum absolute atomic E-state index is 0.0668. The Kier molecular flexibility index (Phi) is 10.7. The van der Waals surface area contributed by atoms with Gasteiger partial charge in [-0.1, -0.05) is 6.92 Å². The summed E-state index contributed by atoms with van der Waals surface area (Å²) < 4.78 is 22.1. The molecule has 3 amide bonds. The van der Waals surface area contributed by atoms with E-state index in [2.05, 4.69) is 20.9 Å². The Morgan fingerprint density at radius 2 is 1.75 bits per heavy atom. The molecule has 2 aliphatic heterocycles. The quantitative estimate of drug-likeness (QED) is 0.376. The fourth-order valence-electron chi connectivity index (χ4n) is 4.32. The zero-order valence-corrected chi connectivity index (χ0v) is 23.3. The van der Waals surface area contributed by atoms with E-state index in [1.54, 1.807) is 11.0 Å². The monoisotopic (exact) mass is 568 g/mol. The number of carbonyl (C=O) groups is 3. The van der Waals surface area contributed by atoms with Crippen LogP contribution in [-0.4, -0.2) is 103 Å². The third-order valence-electron chi connectivity index (χ3n) is 6.59. The molecule has 0 saturated carbocycles. The van der Waals surface area contributed by atoms with E-state index in [1.807, 2.05) is 42.2 Å². The van der Waals surface area contributed by atoms with Crippen molar-refractivity contribution in [2.45, 2.75) is 25.8 Å². The van der Waals surface area contributed by atoms with Crippen molar-refractivity contribution in [3.05, 3.63) is 42.1 Å². The van der Waals surface area contributed by atoms with Gasteiger partial charge in [0.25, 0.3) is 0 Å². The molecule has 2 aromatic rings. The van der Waals surface area contributed by atoms with Crippen LogP contribution in [0.3, 0.4) is 0 Å². The van der Waals surface area contributed by atoms with Gasteiger partial charge >= 0.3 is 227 Å². The van der Waals surface area contributed by atoms with Crippen LogP contribution in [0.4, 0.5) is 10.6 Å². The molecule has 1 atom stereocenters. The molecule has 0 spiro atoms. The van der Waals surface area contributed by atoms with Gasteiger partial charge < -0.3 is 0 Å². The van der Waals surface area contributed by atoms with Crippen molar-refractivity contribution < 1.29 is 28.4 Å². The number of carbonyl (C=O) groups excluding carboxylic acids is 3. The normalized spacial score (nSPS) is 16.1. The molecule has 12 nitrogen and oxygen atoms in total. The molecule has 4 rings (SSSR count). The number of piperazine rings is 1. The summed E-state index contributed by atoms with van der Waals surface area (Å²) in [7, 11) is -0.526. The number of amides is 3. The summed E-state index contributed by atoms with van der Waals surface area (Å²) >= 11 is 0. The second kappa shape index (κ2) is 14.6. The second-order valence-corrected chi connectivity index (χ2v) is 9.75. The Bertz CT molecular complexity index is 1290. The number of hydrogen-bond donors (Lipinski definition) is 1. The fourth-order valence-corrected chi connectivity index (χ4v) is 4.60. The molecule has 0 unspecified atom stereocenters. The standard InChI is InChI=1S/C27H33N6O6P/c1-2-3-15-39-27(36)33-11-9-32(10-12-33)26(35)22(19-40-37)29-25(34)21-18-23(31-13-16-38-17-14-31)30-24(28-21)20-7-5-4-6-8-20/h4-8,18,22H,2-3,9-17H2,1H3,(H,29,34)/t22-/m0/s1. The van der Waals surface area contributed by atoms with Gasteiger partial charge in [0.1, 0.15) is 0 Å². The maximum atomic E-state index is 13.4. The third kappa shape index (κ3) is 7.69. The molecule has 2 fully saturated rings. The van der Waals surface area contributed by atoms with Crippen LogP contribution in [0.5, 0.6) is 0 Å². The number of ether oxygens (including phenoxy) is 2. The molecule has 212 valence electrons. The van der Waals surface area contributed by atoms with Gasteiger partial charge in [-0.25, -0.2) is 0 Å². The number of nitrogens with zero attached hydrogens (tertiary/aromatic N) is 5. The Hall–Kier alpha value is -3.72. The molecule has 13 heteroatoms. The van der Waals surface area contributed by atoms with Gasteiger partial charge in [-0.2, -0.15) is 0 Å². The molecule has 1 N–H and O–H groups in total. The molecule has 1 aromatic heterocycles. The van der Waals surface area contributed by atoms with E-state index in [4.69, 9.17) is 9.47 Å². The predicted octanol–water partition coefficient (Wildman–Crippen LogP) is 2.41. The summed E-state index contributed by atoms with van der Waals surface area (Å²) in [5.41, 5.74) is 3.30. The summed E-state index contributed by atoms with van der Waals surface area (Å²) in [4.78, 5) is 53.1. The summed E-state index contributed by atoms with van der Waals surface area (Å²) in [6, 6.07) is 9.60. The van der Waals surface area contributed by atoms with Crippen LogP contribution < -0.4 is 10.2 Å². The van der Waals surface area contributed by atoms with Crippen LogP contribution >= 0.6 is 7.92 Å². The Balaban J connectivity index is 1.47. The van der Waals surface area contributed by atoms with Crippen molar-refractivity contribution in [2.24, 2.45) is 0 Å². The number of benzene rings is 1. The Labute approximate surface area is 234 Å². The predicted molar refractivity (Wildman–Crippen MR) is 148 cm³/mol. The SMILES string of the molecule is CCCCOC(=O)N1CCN(C(=O)[C@H](C#P=O)NC(=O)c2cc(N3CCOCC3)nc(-c3ccccc3)n2)CC1. The van der Waals surface area contributed by atoms with Crippen molar-refractivity contribution in [3.8, 4) is 17.0 Å². The van der Waals surface area contributed by atoms with Gasteiger partial charge in [-0.3, -0.25) is 0 Å². The average Bonchev–Trinajstić information content (AvgIpc) is 3.01. The molecular formula is C27H33N6O6P. The van der Waals surface area contributed by atoms with E-state index >= 15 is 0 Å². The molecule has 0 bridgehead atoms. The van der Waals surface area contributed by atoms with Crippen molar-refractivity contribution >= 4 is 31.6 Å². The van der Waals surface area contributed by atoms with E-state index in [0.717, 1.165) is 18.4 Å². The van der Waals surface area contributed by atoms with E-state index in [9.17, 15) is 18.9 Å². The zero-order valence-electron chi connectivity index (χ0n) is 22.5. The van der Waals surface area contributed by atoms with Crippen molar-refractivity contribution in [2.75, 3.05) is 64.0 Å². The number of nitrogens with one attached hydrogen (secondary N) is 1. The molecule has 0 radical (unpaired) electrons. The molecule has 0 aliphatic carbocycles. The number of morpholine rings is 1. The summed E-state index contributed by atoms with van der Waals surface area (Å²) in [6.45, 7) is 5.76. The first kappa shape index (κ1) is 29.3. The van der Waals surface area contributed by atoms with Gasteiger partial charge in [0.2, 0.25) is 0 Å². The fraction of sp³-hybridized carbons (Fsp3) is 0.481. The first-order chi connectivity index (χ1) is 19.5. The number of anilines is 1. The van der Waals surface area contributed by atoms with Crippen LogP contribution in [0.2, 0.25) is 0 Å². The van der Waals surface area contributed by atoms with Crippen molar-refractivity contribution in [3.63, 3.8) is 0 Å². The van der Waals surface area contributed by atoms with Crippen molar-refractivity contribution in [1.29, 1.82) is 0 Å². The Morgan fingerprint density at radius 1 is 1.05 bits per heavy atom.